The number of nitrogens with one attached hydrogen (secondary N) is 2. The summed E-state index contributed by atoms with van der Waals surface area (Å²) in [6.45, 7) is 12.1. The van der Waals surface area contributed by atoms with Crippen LogP contribution in [0.25, 0.3) is 0 Å². The first-order valence-electron chi connectivity index (χ1n) is 10.1. The van der Waals surface area contributed by atoms with E-state index in [-0.39, 0.29) is 6.10 Å². The van der Waals surface area contributed by atoms with E-state index in [1.54, 1.807) is 0 Å². The van der Waals surface area contributed by atoms with E-state index in [1.807, 2.05) is 0 Å². The Balaban J connectivity index is 1.50. The highest BCUT2D eigenvalue weighted by Crippen LogP contribution is 2.22. The zero-order chi connectivity index (χ0) is 18.4. The second-order valence-corrected chi connectivity index (χ2v) is 7.66. The molecule has 3 unspecified atom stereocenters. The Kier molecular flexibility index (Phi) is 6.92. The SMILES string of the molecule is CCNC(=NCC(C)c1cccc(C)c1)NCC1CN2CCCC2CO1. The minimum Gasteiger partial charge on any atom is -0.373 e. The van der Waals surface area contributed by atoms with Crippen molar-refractivity contribution in [3.05, 3.63) is 35.4 Å². The van der Waals surface area contributed by atoms with Gasteiger partial charge in [-0.05, 0) is 38.8 Å². The van der Waals surface area contributed by atoms with Crippen LogP contribution in [-0.2, 0) is 4.74 Å². The predicted molar refractivity (Wildman–Crippen MR) is 108 cm³/mol. The highest BCUT2D eigenvalue weighted by atomic mass is 16.5. The Bertz CT molecular complexity index is 603. The molecule has 0 aliphatic carbocycles. The van der Waals surface area contributed by atoms with Crippen LogP contribution >= 0.6 is 0 Å². The van der Waals surface area contributed by atoms with Gasteiger partial charge >= 0.3 is 0 Å². The lowest BCUT2D eigenvalue weighted by Gasteiger charge is -2.35. The van der Waals surface area contributed by atoms with Crippen LogP contribution in [0, 0.1) is 6.92 Å². The van der Waals surface area contributed by atoms with Gasteiger partial charge in [0.1, 0.15) is 0 Å². The van der Waals surface area contributed by atoms with Gasteiger partial charge in [-0.15, -0.1) is 0 Å². The number of ether oxygens (including phenoxy) is 1. The lowest BCUT2D eigenvalue weighted by Crippen LogP contribution is -2.51. The van der Waals surface area contributed by atoms with E-state index in [9.17, 15) is 0 Å². The minimum absolute atomic E-state index is 0.252. The van der Waals surface area contributed by atoms with Crippen molar-refractivity contribution in [1.82, 2.24) is 15.5 Å². The van der Waals surface area contributed by atoms with E-state index >= 15 is 0 Å². The van der Waals surface area contributed by atoms with E-state index in [2.05, 4.69) is 60.6 Å². The molecule has 2 N–H and O–H groups in total. The maximum absolute atomic E-state index is 6.04. The van der Waals surface area contributed by atoms with Crippen molar-refractivity contribution >= 4 is 5.96 Å². The lowest BCUT2D eigenvalue weighted by atomic mass is 10.00. The third-order valence-corrected chi connectivity index (χ3v) is 5.44. The number of nitrogens with zero attached hydrogens (tertiary/aromatic N) is 2. The van der Waals surface area contributed by atoms with E-state index in [0.29, 0.717) is 12.0 Å². The zero-order valence-electron chi connectivity index (χ0n) is 16.5. The number of rotatable bonds is 6. The first-order chi connectivity index (χ1) is 12.7. The largest absolute Gasteiger partial charge is 0.373 e. The van der Waals surface area contributed by atoms with E-state index < -0.39 is 0 Å². The van der Waals surface area contributed by atoms with Crippen molar-refractivity contribution < 1.29 is 4.74 Å². The number of aryl methyl sites for hydroxylation is 1. The summed E-state index contributed by atoms with van der Waals surface area (Å²) in [6, 6.07) is 9.36. The maximum atomic E-state index is 6.04. The molecule has 1 aromatic rings. The van der Waals surface area contributed by atoms with Gasteiger partial charge in [0, 0.05) is 38.1 Å². The van der Waals surface area contributed by atoms with Gasteiger partial charge in [0.05, 0.1) is 12.7 Å². The van der Waals surface area contributed by atoms with Gasteiger partial charge in [-0.2, -0.15) is 0 Å². The predicted octanol–water partition coefficient (Wildman–Crippen LogP) is 2.52. The molecular formula is C21H34N4O. The summed E-state index contributed by atoms with van der Waals surface area (Å²) in [5, 5.41) is 6.83. The molecule has 0 bridgehead atoms. The Hall–Kier alpha value is -1.59. The lowest BCUT2D eigenvalue weighted by molar-refractivity contribution is -0.0453. The van der Waals surface area contributed by atoms with Gasteiger partial charge in [-0.3, -0.25) is 9.89 Å². The molecule has 26 heavy (non-hydrogen) atoms. The van der Waals surface area contributed by atoms with E-state index in [0.717, 1.165) is 38.7 Å². The third kappa shape index (κ3) is 5.21. The van der Waals surface area contributed by atoms with Gasteiger partial charge in [0.2, 0.25) is 0 Å². The number of benzene rings is 1. The molecule has 2 heterocycles. The van der Waals surface area contributed by atoms with Crippen LogP contribution in [0.3, 0.4) is 0 Å². The van der Waals surface area contributed by atoms with Crippen LogP contribution in [0.15, 0.2) is 29.3 Å². The molecule has 5 heteroatoms. The molecule has 2 fully saturated rings. The van der Waals surface area contributed by atoms with Gasteiger partial charge < -0.3 is 15.4 Å². The first kappa shape index (κ1) is 19.2. The molecule has 3 rings (SSSR count). The minimum atomic E-state index is 0.252. The summed E-state index contributed by atoms with van der Waals surface area (Å²) in [7, 11) is 0. The van der Waals surface area contributed by atoms with Gasteiger partial charge in [-0.25, -0.2) is 0 Å². The van der Waals surface area contributed by atoms with Crippen molar-refractivity contribution in [2.45, 2.75) is 51.7 Å². The summed E-state index contributed by atoms with van der Waals surface area (Å²) in [4.78, 5) is 7.38. The molecule has 2 aliphatic rings. The van der Waals surface area contributed by atoms with Crippen molar-refractivity contribution in [3.8, 4) is 0 Å². The molecule has 0 radical (unpaired) electrons. The fourth-order valence-electron chi connectivity index (χ4n) is 3.87. The van der Waals surface area contributed by atoms with Gasteiger partial charge in [0.25, 0.3) is 0 Å². The molecule has 0 saturated carbocycles. The number of morpholine rings is 1. The van der Waals surface area contributed by atoms with Crippen molar-refractivity contribution in [3.63, 3.8) is 0 Å². The smallest absolute Gasteiger partial charge is 0.191 e. The highest BCUT2D eigenvalue weighted by molar-refractivity contribution is 5.79. The number of hydrogen-bond acceptors (Lipinski definition) is 3. The fraction of sp³-hybridized carbons (Fsp3) is 0.667. The Labute approximate surface area is 158 Å². The fourth-order valence-corrected chi connectivity index (χ4v) is 3.87. The topological polar surface area (TPSA) is 48.9 Å². The summed E-state index contributed by atoms with van der Waals surface area (Å²) >= 11 is 0. The summed E-state index contributed by atoms with van der Waals surface area (Å²) in [6.07, 6.45) is 2.86. The average molecular weight is 359 g/mol. The highest BCUT2D eigenvalue weighted by Gasteiger charge is 2.32. The summed E-state index contributed by atoms with van der Waals surface area (Å²) < 4.78 is 6.04. The molecule has 144 valence electrons. The molecule has 5 nitrogen and oxygen atoms in total. The monoisotopic (exact) mass is 358 g/mol. The quantitative estimate of drug-likeness (QED) is 0.606. The number of aliphatic imine (C=N–C) groups is 1. The normalized spacial score (nSPS) is 25.0. The van der Waals surface area contributed by atoms with Gasteiger partial charge in [0.15, 0.2) is 5.96 Å². The second kappa shape index (κ2) is 9.38. The van der Waals surface area contributed by atoms with Crippen LogP contribution in [0.5, 0.6) is 0 Å². The third-order valence-electron chi connectivity index (χ3n) is 5.44. The molecule has 2 saturated heterocycles. The van der Waals surface area contributed by atoms with E-state index in [4.69, 9.17) is 9.73 Å². The first-order valence-corrected chi connectivity index (χ1v) is 10.1. The van der Waals surface area contributed by atoms with Crippen molar-refractivity contribution in [1.29, 1.82) is 0 Å². The molecule has 3 atom stereocenters. The standard InChI is InChI=1S/C21H34N4O/c1-4-22-21(23-12-17(3)18-8-5-7-16(2)11-18)24-13-20-14-25-10-6-9-19(25)15-26-20/h5,7-8,11,17,19-20H,4,6,9-10,12-15H2,1-3H3,(H2,22,23,24). The number of hydrogen-bond donors (Lipinski definition) is 2. The molecule has 0 spiro atoms. The number of fused-ring (bicyclic) bond motifs is 1. The van der Waals surface area contributed by atoms with E-state index in [1.165, 1.54) is 30.5 Å². The Morgan fingerprint density at radius 3 is 3.08 bits per heavy atom. The average Bonchev–Trinajstić information content (AvgIpc) is 3.11. The summed E-state index contributed by atoms with van der Waals surface area (Å²) in [5.41, 5.74) is 2.65. The van der Waals surface area contributed by atoms with Crippen LogP contribution in [-0.4, -0.2) is 62.3 Å². The zero-order valence-corrected chi connectivity index (χ0v) is 16.5. The van der Waals surface area contributed by atoms with Crippen LogP contribution in [0.4, 0.5) is 0 Å². The second-order valence-electron chi connectivity index (χ2n) is 7.66. The molecule has 1 aromatic carbocycles. The van der Waals surface area contributed by atoms with Gasteiger partial charge in [-0.1, -0.05) is 36.8 Å². The summed E-state index contributed by atoms with van der Waals surface area (Å²) in [5.74, 6) is 1.29. The molecular weight excluding hydrogens is 324 g/mol. The van der Waals surface area contributed by atoms with Crippen LogP contribution < -0.4 is 10.6 Å². The van der Waals surface area contributed by atoms with Crippen molar-refractivity contribution in [2.75, 3.05) is 39.3 Å². The van der Waals surface area contributed by atoms with Crippen LogP contribution in [0.2, 0.25) is 0 Å². The van der Waals surface area contributed by atoms with Crippen LogP contribution in [0.1, 0.15) is 43.7 Å². The Morgan fingerprint density at radius 1 is 1.38 bits per heavy atom. The molecule has 2 aliphatic heterocycles. The Morgan fingerprint density at radius 2 is 2.27 bits per heavy atom. The molecule has 0 aromatic heterocycles. The molecule has 0 amide bonds. The van der Waals surface area contributed by atoms with Crippen molar-refractivity contribution in [2.24, 2.45) is 4.99 Å². The maximum Gasteiger partial charge on any atom is 0.191 e. The number of guanidine groups is 1.